The fourth-order valence-electron chi connectivity index (χ4n) is 2.15. The zero-order chi connectivity index (χ0) is 11.5. The van der Waals surface area contributed by atoms with Gasteiger partial charge in [0.2, 0.25) is 0 Å². The minimum atomic E-state index is 0.153. The number of likely N-dealkylation sites (N-methyl/N-ethyl adjacent to an activating group) is 1. The van der Waals surface area contributed by atoms with E-state index < -0.39 is 0 Å². The summed E-state index contributed by atoms with van der Waals surface area (Å²) in [6.07, 6.45) is 1.01. The van der Waals surface area contributed by atoms with Crippen molar-refractivity contribution in [1.29, 1.82) is 5.41 Å². The number of nitrogens with one attached hydrogen (secondary N) is 2. The van der Waals surface area contributed by atoms with Gasteiger partial charge in [0.1, 0.15) is 0 Å². The quantitative estimate of drug-likeness (QED) is 0.528. The lowest BCUT2D eigenvalue weighted by molar-refractivity contribution is 0.409. The van der Waals surface area contributed by atoms with Crippen LogP contribution >= 0.6 is 0 Å². The standard InChI is InChI=1S/C12H18N4/c1-2-16(12(13)14)8-10-7-9-5-3-4-6-11(9)15-10/h3-6,10,15H,2,7-8H2,1H3,(H3,13,14). The van der Waals surface area contributed by atoms with Gasteiger partial charge in [0.05, 0.1) is 0 Å². The van der Waals surface area contributed by atoms with E-state index in [2.05, 4.69) is 23.5 Å². The largest absolute Gasteiger partial charge is 0.380 e. The molecule has 0 saturated carbocycles. The minimum Gasteiger partial charge on any atom is -0.380 e. The van der Waals surface area contributed by atoms with Crippen LogP contribution in [0, 0.1) is 5.41 Å². The summed E-state index contributed by atoms with van der Waals surface area (Å²) in [4.78, 5) is 1.88. The van der Waals surface area contributed by atoms with Crippen molar-refractivity contribution < 1.29 is 0 Å². The molecule has 4 N–H and O–H groups in total. The third-order valence-electron chi connectivity index (χ3n) is 3.01. The second-order valence-electron chi connectivity index (χ2n) is 4.13. The average molecular weight is 218 g/mol. The Bertz CT molecular complexity index is 363. The van der Waals surface area contributed by atoms with Gasteiger partial charge >= 0.3 is 0 Å². The van der Waals surface area contributed by atoms with Crippen molar-refractivity contribution in [2.45, 2.75) is 19.4 Å². The Balaban J connectivity index is 1.99. The van der Waals surface area contributed by atoms with E-state index in [1.54, 1.807) is 0 Å². The van der Waals surface area contributed by atoms with Crippen LogP contribution in [-0.4, -0.2) is 30.0 Å². The molecule has 4 nitrogen and oxygen atoms in total. The van der Waals surface area contributed by atoms with E-state index >= 15 is 0 Å². The Kier molecular flexibility index (Phi) is 2.99. The van der Waals surface area contributed by atoms with Crippen molar-refractivity contribution in [3.8, 4) is 0 Å². The van der Waals surface area contributed by atoms with Crippen LogP contribution in [0.3, 0.4) is 0 Å². The van der Waals surface area contributed by atoms with Crippen molar-refractivity contribution >= 4 is 11.6 Å². The van der Waals surface area contributed by atoms with Crippen molar-refractivity contribution in [2.24, 2.45) is 5.73 Å². The minimum absolute atomic E-state index is 0.153. The maximum Gasteiger partial charge on any atom is 0.188 e. The second kappa shape index (κ2) is 4.43. The lowest BCUT2D eigenvalue weighted by Crippen LogP contribution is -2.43. The summed E-state index contributed by atoms with van der Waals surface area (Å²) in [5, 5.41) is 10.9. The van der Waals surface area contributed by atoms with Crippen molar-refractivity contribution in [2.75, 3.05) is 18.4 Å². The first-order valence-corrected chi connectivity index (χ1v) is 5.64. The van der Waals surface area contributed by atoms with Crippen LogP contribution in [-0.2, 0) is 6.42 Å². The molecule has 0 radical (unpaired) electrons. The summed E-state index contributed by atoms with van der Waals surface area (Å²) in [6.45, 7) is 3.59. The highest BCUT2D eigenvalue weighted by atomic mass is 15.2. The molecule has 1 aromatic rings. The molecular formula is C12H18N4. The van der Waals surface area contributed by atoms with E-state index in [1.165, 1.54) is 11.3 Å². The first-order valence-electron chi connectivity index (χ1n) is 5.64. The molecule has 1 aromatic carbocycles. The Morgan fingerprint density at radius 2 is 2.31 bits per heavy atom. The van der Waals surface area contributed by atoms with Crippen LogP contribution in [0.5, 0.6) is 0 Å². The zero-order valence-electron chi connectivity index (χ0n) is 9.53. The van der Waals surface area contributed by atoms with Gasteiger partial charge in [-0.3, -0.25) is 5.41 Å². The smallest absolute Gasteiger partial charge is 0.188 e. The molecule has 0 aromatic heterocycles. The van der Waals surface area contributed by atoms with Gasteiger partial charge in [0.15, 0.2) is 5.96 Å². The van der Waals surface area contributed by atoms with Crippen LogP contribution < -0.4 is 11.1 Å². The van der Waals surface area contributed by atoms with Crippen molar-refractivity contribution in [1.82, 2.24) is 4.90 Å². The Labute approximate surface area is 96.0 Å². The molecule has 0 saturated heterocycles. The van der Waals surface area contributed by atoms with Gasteiger partial charge in [0, 0.05) is 24.8 Å². The second-order valence-corrected chi connectivity index (χ2v) is 4.13. The van der Waals surface area contributed by atoms with Gasteiger partial charge in [-0.15, -0.1) is 0 Å². The Morgan fingerprint density at radius 1 is 1.56 bits per heavy atom. The van der Waals surface area contributed by atoms with Crippen molar-refractivity contribution in [3.63, 3.8) is 0 Å². The zero-order valence-corrected chi connectivity index (χ0v) is 9.53. The van der Waals surface area contributed by atoms with E-state index in [-0.39, 0.29) is 5.96 Å². The molecule has 0 bridgehead atoms. The Morgan fingerprint density at radius 3 is 2.94 bits per heavy atom. The van der Waals surface area contributed by atoms with Crippen molar-refractivity contribution in [3.05, 3.63) is 29.8 Å². The maximum absolute atomic E-state index is 7.45. The Hall–Kier alpha value is -1.71. The highest BCUT2D eigenvalue weighted by Crippen LogP contribution is 2.25. The van der Waals surface area contributed by atoms with Crippen LogP contribution in [0.4, 0.5) is 5.69 Å². The van der Waals surface area contributed by atoms with Crippen LogP contribution in [0.25, 0.3) is 0 Å². The molecule has 2 rings (SSSR count). The molecule has 16 heavy (non-hydrogen) atoms. The summed E-state index contributed by atoms with van der Waals surface area (Å²) in [6, 6.07) is 8.70. The number of hydrogen-bond acceptors (Lipinski definition) is 2. The van der Waals surface area contributed by atoms with Crippen LogP contribution in [0.1, 0.15) is 12.5 Å². The number of anilines is 1. The third-order valence-corrected chi connectivity index (χ3v) is 3.01. The van der Waals surface area contributed by atoms with Gasteiger partial charge in [0.25, 0.3) is 0 Å². The van der Waals surface area contributed by atoms with E-state index in [0.29, 0.717) is 6.04 Å². The van der Waals surface area contributed by atoms with Gasteiger partial charge < -0.3 is 16.0 Å². The average Bonchev–Trinajstić information content (AvgIpc) is 2.67. The maximum atomic E-state index is 7.45. The normalized spacial score (nSPS) is 17.7. The monoisotopic (exact) mass is 218 g/mol. The molecule has 1 aliphatic rings. The number of nitrogens with zero attached hydrogens (tertiary/aromatic N) is 1. The van der Waals surface area contributed by atoms with Gasteiger partial charge in [-0.25, -0.2) is 0 Å². The van der Waals surface area contributed by atoms with E-state index in [9.17, 15) is 0 Å². The van der Waals surface area contributed by atoms with E-state index in [1.807, 2.05) is 17.9 Å². The lowest BCUT2D eigenvalue weighted by Gasteiger charge is -2.24. The molecule has 1 heterocycles. The number of rotatable bonds is 3. The van der Waals surface area contributed by atoms with Gasteiger partial charge in [-0.2, -0.15) is 0 Å². The summed E-state index contributed by atoms with van der Waals surface area (Å²) in [5.41, 5.74) is 8.08. The van der Waals surface area contributed by atoms with E-state index in [4.69, 9.17) is 11.1 Å². The van der Waals surface area contributed by atoms with Crippen LogP contribution in [0.15, 0.2) is 24.3 Å². The first kappa shape index (κ1) is 10.8. The fourth-order valence-corrected chi connectivity index (χ4v) is 2.15. The van der Waals surface area contributed by atoms with Crippen LogP contribution in [0.2, 0.25) is 0 Å². The number of para-hydroxylation sites is 1. The highest BCUT2D eigenvalue weighted by molar-refractivity contribution is 5.74. The predicted octanol–water partition coefficient (Wildman–Crippen LogP) is 1.24. The fraction of sp³-hybridized carbons (Fsp3) is 0.417. The summed E-state index contributed by atoms with van der Waals surface area (Å²) in [7, 11) is 0. The van der Waals surface area contributed by atoms with Gasteiger partial charge in [-0.05, 0) is 25.0 Å². The number of fused-ring (bicyclic) bond motifs is 1. The molecule has 0 aliphatic carbocycles. The number of hydrogen-bond donors (Lipinski definition) is 3. The van der Waals surface area contributed by atoms with Gasteiger partial charge in [-0.1, -0.05) is 18.2 Å². The molecular weight excluding hydrogens is 200 g/mol. The summed E-state index contributed by atoms with van der Waals surface area (Å²) in [5.74, 6) is 0.153. The number of guanidine groups is 1. The highest BCUT2D eigenvalue weighted by Gasteiger charge is 2.22. The lowest BCUT2D eigenvalue weighted by atomic mass is 10.1. The first-order chi connectivity index (χ1) is 7.70. The molecule has 1 atom stereocenters. The number of benzene rings is 1. The number of nitrogens with two attached hydrogens (primary N) is 1. The molecule has 0 amide bonds. The predicted molar refractivity (Wildman–Crippen MR) is 66.7 cm³/mol. The molecule has 0 spiro atoms. The summed E-state index contributed by atoms with van der Waals surface area (Å²) >= 11 is 0. The van der Waals surface area contributed by atoms with E-state index in [0.717, 1.165) is 19.5 Å². The topological polar surface area (TPSA) is 65.1 Å². The summed E-state index contributed by atoms with van der Waals surface area (Å²) < 4.78 is 0. The SMILES string of the molecule is CCN(CC1Cc2ccccc2N1)C(=N)N. The molecule has 86 valence electrons. The molecule has 0 fully saturated rings. The molecule has 1 unspecified atom stereocenters. The third kappa shape index (κ3) is 2.10. The molecule has 1 aliphatic heterocycles. The molecule has 4 heteroatoms.